The van der Waals surface area contributed by atoms with Crippen LogP contribution >= 0.6 is 15.9 Å². The summed E-state index contributed by atoms with van der Waals surface area (Å²) in [4.78, 5) is 0. The van der Waals surface area contributed by atoms with Crippen molar-refractivity contribution in [2.45, 2.75) is 13.0 Å². The van der Waals surface area contributed by atoms with Gasteiger partial charge in [0, 0.05) is 4.47 Å². The summed E-state index contributed by atoms with van der Waals surface area (Å²) in [6.45, 7) is 1.42. The molecule has 0 fully saturated rings. The first-order chi connectivity index (χ1) is 8.99. The van der Waals surface area contributed by atoms with Crippen molar-refractivity contribution < 1.29 is 18.6 Å². The highest BCUT2D eigenvalue weighted by atomic mass is 79.9. The van der Waals surface area contributed by atoms with Gasteiger partial charge in [-0.1, -0.05) is 22.0 Å². The van der Waals surface area contributed by atoms with Crippen molar-refractivity contribution in [3.05, 3.63) is 58.1 Å². The minimum absolute atomic E-state index is 0.00174. The van der Waals surface area contributed by atoms with Crippen molar-refractivity contribution in [1.82, 2.24) is 0 Å². The average molecular weight is 329 g/mol. The molecule has 100 valence electrons. The molecular weight excluding hydrogens is 318 g/mol. The molecule has 0 amide bonds. The first-order valence-corrected chi connectivity index (χ1v) is 6.37. The number of hydrogen-bond acceptors (Lipinski definition) is 2. The van der Waals surface area contributed by atoms with Crippen LogP contribution in [0.2, 0.25) is 0 Å². The van der Waals surface area contributed by atoms with Gasteiger partial charge in [-0.25, -0.2) is 8.78 Å². The molecular formula is C14H11BrF2O2. The Hall–Kier alpha value is -1.46. The molecule has 0 saturated heterocycles. The van der Waals surface area contributed by atoms with Gasteiger partial charge in [0.15, 0.2) is 11.6 Å². The molecule has 1 N–H and O–H groups in total. The van der Waals surface area contributed by atoms with Crippen molar-refractivity contribution in [3.8, 4) is 11.5 Å². The Balaban J connectivity index is 2.44. The summed E-state index contributed by atoms with van der Waals surface area (Å²) in [5.74, 6) is -1.11. The highest BCUT2D eigenvalue weighted by Crippen LogP contribution is 2.33. The third-order valence-corrected chi connectivity index (χ3v) is 3.04. The number of rotatable bonds is 3. The van der Waals surface area contributed by atoms with E-state index >= 15 is 0 Å². The van der Waals surface area contributed by atoms with Crippen molar-refractivity contribution in [3.63, 3.8) is 0 Å². The van der Waals surface area contributed by atoms with E-state index in [2.05, 4.69) is 15.9 Å². The molecule has 0 aliphatic heterocycles. The highest BCUT2D eigenvalue weighted by molar-refractivity contribution is 9.10. The van der Waals surface area contributed by atoms with E-state index in [0.717, 1.165) is 0 Å². The van der Waals surface area contributed by atoms with Gasteiger partial charge in [-0.2, -0.15) is 0 Å². The summed E-state index contributed by atoms with van der Waals surface area (Å²) in [6.07, 6.45) is -1.05. The molecule has 0 saturated carbocycles. The van der Waals surface area contributed by atoms with Gasteiger partial charge >= 0.3 is 0 Å². The van der Waals surface area contributed by atoms with Crippen LogP contribution in [-0.4, -0.2) is 5.11 Å². The summed E-state index contributed by atoms with van der Waals surface area (Å²) < 4.78 is 33.2. The normalized spacial score (nSPS) is 12.3. The van der Waals surface area contributed by atoms with E-state index in [1.807, 2.05) is 0 Å². The molecule has 0 heterocycles. The van der Waals surface area contributed by atoms with Gasteiger partial charge < -0.3 is 9.84 Å². The van der Waals surface area contributed by atoms with Crippen molar-refractivity contribution in [2.24, 2.45) is 0 Å². The smallest absolute Gasteiger partial charge is 0.165 e. The van der Waals surface area contributed by atoms with E-state index in [4.69, 9.17) is 4.74 Å². The van der Waals surface area contributed by atoms with Gasteiger partial charge in [-0.05, 0) is 37.3 Å². The standard InChI is InChI=1S/C14H11BrF2O2/c1-8(18)14-11(17)3-2-4-12(14)19-13-7-9(15)5-6-10(13)16/h2-8,18H,1H3. The fraction of sp³-hybridized carbons (Fsp3) is 0.143. The van der Waals surface area contributed by atoms with E-state index in [1.54, 1.807) is 0 Å². The lowest BCUT2D eigenvalue weighted by Gasteiger charge is -2.14. The zero-order valence-corrected chi connectivity index (χ0v) is 11.6. The minimum atomic E-state index is -1.05. The maximum Gasteiger partial charge on any atom is 0.165 e. The first kappa shape index (κ1) is 14.0. The number of ether oxygens (including phenoxy) is 1. The maximum atomic E-state index is 13.6. The Kier molecular flexibility index (Phi) is 4.17. The van der Waals surface area contributed by atoms with E-state index in [9.17, 15) is 13.9 Å². The second-order valence-electron chi connectivity index (χ2n) is 4.00. The fourth-order valence-electron chi connectivity index (χ4n) is 1.69. The zero-order chi connectivity index (χ0) is 14.0. The number of benzene rings is 2. The van der Waals surface area contributed by atoms with Crippen molar-refractivity contribution in [1.29, 1.82) is 0 Å². The number of aliphatic hydroxyl groups is 1. The molecule has 0 aliphatic carbocycles. The van der Waals surface area contributed by atoms with Crippen LogP contribution in [0.1, 0.15) is 18.6 Å². The molecule has 5 heteroatoms. The van der Waals surface area contributed by atoms with Crippen LogP contribution in [0.5, 0.6) is 11.5 Å². The molecule has 1 atom stereocenters. The maximum absolute atomic E-state index is 13.6. The largest absolute Gasteiger partial charge is 0.454 e. The molecule has 0 aromatic heterocycles. The van der Waals surface area contributed by atoms with Gasteiger partial charge in [0.2, 0.25) is 0 Å². The quantitative estimate of drug-likeness (QED) is 0.894. The van der Waals surface area contributed by atoms with Crippen molar-refractivity contribution in [2.75, 3.05) is 0 Å². The van der Waals surface area contributed by atoms with Crippen LogP contribution in [0.25, 0.3) is 0 Å². The third-order valence-electron chi connectivity index (χ3n) is 2.54. The number of aliphatic hydroxyl groups excluding tert-OH is 1. The predicted octanol–water partition coefficient (Wildman–Crippen LogP) is 4.57. The molecule has 2 nitrogen and oxygen atoms in total. The summed E-state index contributed by atoms with van der Waals surface area (Å²) in [5.41, 5.74) is 0.00174. The second kappa shape index (κ2) is 5.67. The Bertz CT molecular complexity index is 600. The van der Waals surface area contributed by atoms with Crippen LogP contribution in [-0.2, 0) is 0 Å². The summed E-state index contributed by atoms with van der Waals surface area (Å²) in [5, 5.41) is 9.56. The van der Waals surface area contributed by atoms with Crippen LogP contribution in [0.4, 0.5) is 8.78 Å². The van der Waals surface area contributed by atoms with Gasteiger partial charge in [0.05, 0.1) is 11.7 Å². The Labute approximate surface area is 117 Å². The molecule has 2 rings (SSSR count). The summed E-state index contributed by atoms with van der Waals surface area (Å²) >= 11 is 3.20. The molecule has 0 bridgehead atoms. The summed E-state index contributed by atoms with van der Waals surface area (Å²) in [7, 11) is 0. The molecule has 2 aromatic carbocycles. The van der Waals surface area contributed by atoms with Crippen molar-refractivity contribution >= 4 is 15.9 Å². The van der Waals surface area contributed by atoms with E-state index in [0.29, 0.717) is 4.47 Å². The van der Waals surface area contributed by atoms with Gasteiger partial charge in [-0.15, -0.1) is 0 Å². The number of hydrogen-bond donors (Lipinski definition) is 1. The lowest BCUT2D eigenvalue weighted by molar-refractivity contribution is 0.190. The van der Waals surface area contributed by atoms with E-state index in [-0.39, 0.29) is 17.1 Å². The lowest BCUT2D eigenvalue weighted by Crippen LogP contribution is -2.00. The lowest BCUT2D eigenvalue weighted by atomic mass is 10.1. The predicted molar refractivity (Wildman–Crippen MR) is 71.2 cm³/mol. The van der Waals surface area contributed by atoms with E-state index < -0.39 is 17.7 Å². The van der Waals surface area contributed by atoms with Gasteiger partial charge in [-0.3, -0.25) is 0 Å². The minimum Gasteiger partial charge on any atom is -0.454 e. The molecule has 19 heavy (non-hydrogen) atoms. The number of halogens is 3. The van der Waals surface area contributed by atoms with Crippen LogP contribution < -0.4 is 4.74 Å². The molecule has 2 aromatic rings. The summed E-state index contributed by atoms with van der Waals surface area (Å²) in [6, 6.07) is 8.33. The monoisotopic (exact) mass is 328 g/mol. The van der Waals surface area contributed by atoms with Crippen LogP contribution in [0.15, 0.2) is 40.9 Å². The zero-order valence-electron chi connectivity index (χ0n) is 10.0. The second-order valence-corrected chi connectivity index (χ2v) is 4.92. The Morgan fingerprint density at radius 2 is 1.84 bits per heavy atom. The third kappa shape index (κ3) is 3.11. The van der Waals surface area contributed by atoms with E-state index in [1.165, 1.54) is 43.3 Å². The van der Waals surface area contributed by atoms with Gasteiger partial charge in [0.1, 0.15) is 11.6 Å². The molecule has 0 radical (unpaired) electrons. The fourth-order valence-corrected chi connectivity index (χ4v) is 2.03. The van der Waals surface area contributed by atoms with Crippen LogP contribution in [0.3, 0.4) is 0 Å². The SMILES string of the molecule is CC(O)c1c(F)cccc1Oc1cc(Br)ccc1F. The topological polar surface area (TPSA) is 29.5 Å². The molecule has 0 spiro atoms. The Morgan fingerprint density at radius 1 is 1.11 bits per heavy atom. The average Bonchev–Trinajstić information content (AvgIpc) is 2.33. The highest BCUT2D eigenvalue weighted by Gasteiger charge is 2.16. The van der Waals surface area contributed by atoms with Crippen LogP contribution in [0, 0.1) is 11.6 Å². The molecule has 0 aliphatic rings. The first-order valence-electron chi connectivity index (χ1n) is 5.58. The molecule has 1 unspecified atom stereocenters. The Morgan fingerprint density at radius 3 is 2.53 bits per heavy atom. The van der Waals surface area contributed by atoms with Gasteiger partial charge in [0.25, 0.3) is 0 Å².